The van der Waals surface area contributed by atoms with Gasteiger partial charge < -0.3 is 4.42 Å². The third-order valence-corrected chi connectivity index (χ3v) is 1.93. The first kappa shape index (κ1) is 6.75. The van der Waals surface area contributed by atoms with Crippen LogP contribution in [0.15, 0.2) is 23.0 Å². The van der Waals surface area contributed by atoms with Crippen molar-refractivity contribution in [3.8, 4) is 0 Å². The Morgan fingerprint density at radius 1 is 1.78 bits per heavy atom. The minimum Gasteiger partial charge on any atom is -0.472 e. The Balaban J connectivity index is 2.65. The van der Waals surface area contributed by atoms with Crippen LogP contribution in [0.4, 0.5) is 0 Å². The minimum atomic E-state index is 0.507. The van der Waals surface area contributed by atoms with Gasteiger partial charge in [0.05, 0.1) is 12.5 Å². The van der Waals surface area contributed by atoms with Crippen molar-refractivity contribution in [2.75, 3.05) is 5.75 Å². The molecular weight excluding hydrogens is 132 g/mol. The average molecular weight is 142 g/mol. The molecule has 1 aromatic heterocycles. The number of hydrogen-bond donors (Lipinski definition) is 1. The van der Waals surface area contributed by atoms with Gasteiger partial charge in [-0.1, -0.05) is 6.92 Å². The molecule has 1 unspecified atom stereocenters. The van der Waals surface area contributed by atoms with Crippen LogP contribution >= 0.6 is 12.6 Å². The van der Waals surface area contributed by atoms with Crippen molar-refractivity contribution < 1.29 is 4.42 Å². The summed E-state index contributed by atoms with van der Waals surface area (Å²) in [5.41, 5.74) is 1.23. The second kappa shape index (κ2) is 2.97. The second-order valence-corrected chi connectivity index (χ2v) is 2.51. The van der Waals surface area contributed by atoms with Gasteiger partial charge in [0, 0.05) is 0 Å². The van der Waals surface area contributed by atoms with Crippen molar-refractivity contribution in [2.24, 2.45) is 0 Å². The molecule has 2 heteroatoms. The van der Waals surface area contributed by atoms with Crippen molar-refractivity contribution in [1.29, 1.82) is 0 Å². The first-order valence-electron chi connectivity index (χ1n) is 2.97. The van der Waals surface area contributed by atoms with Crippen molar-refractivity contribution in [3.63, 3.8) is 0 Å². The summed E-state index contributed by atoms with van der Waals surface area (Å²) >= 11 is 4.16. The monoisotopic (exact) mass is 142 g/mol. The summed E-state index contributed by atoms with van der Waals surface area (Å²) < 4.78 is 4.90. The lowest BCUT2D eigenvalue weighted by atomic mass is 10.1. The van der Waals surface area contributed by atoms with E-state index in [1.807, 2.05) is 6.07 Å². The quantitative estimate of drug-likeness (QED) is 0.625. The largest absolute Gasteiger partial charge is 0.472 e. The number of thiol groups is 1. The predicted molar refractivity (Wildman–Crippen MR) is 41.0 cm³/mol. The first-order valence-corrected chi connectivity index (χ1v) is 3.61. The smallest absolute Gasteiger partial charge is 0.0937 e. The lowest BCUT2D eigenvalue weighted by Crippen LogP contribution is -1.90. The highest BCUT2D eigenvalue weighted by Gasteiger charge is 2.02. The van der Waals surface area contributed by atoms with Gasteiger partial charge in [0.1, 0.15) is 0 Å². The van der Waals surface area contributed by atoms with Crippen LogP contribution in [0, 0.1) is 0 Å². The first-order chi connectivity index (χ1) is 4.34. The van der Waals surface area contributed by atoms with E-state index in [0.717, 1.165) is 5.75 Å². The molecule has 0 N–H and O–H groups in total. The Morgan fingerprint density at radius 2 is 2.56 bits per heavy atom. The molecular formula is C7H10OS. The molecule has 0 radical (unpaired) electrons. The van der Waals surface area contributed by atoms with E-state index in [1.54, 1.807) is 12.5 Å². The molecule has 1 rings (SSSR count). The molecule has 1 nitrogen and oxygen atoms in total. The van der Waals surface area contributed by atoms with Crippen LogP contribution in [-0.2, 0) is 0 Å². The normalized spacial score (nSPS) is 13.6. The maximum atomic E-state index is 4.90. The molecule has 0 saturated carbocycles. The van der Waals surface area contributed by atoms with E-state index >= 15 is 0 Å². The molecule has 0 aliphatic rings. The third kappa shape index (κ3) is 1.52. The molecule has 1 heterocycles. The fourth-order valence-corrected chi connectivity index (χ4v) is 0.872. The molecule has 1 atom stereocenters. The predicted octanol–water partition coefficient (Wildman–Crippen LogP) is 2.31. The lowest BCUT2D eigenvalue weighted by molar-refractivity contribution is 0.562. The van der Waals surface area contributed by atoms with Crippen molar-refractivity contribution >= 4 is 12.6 Å². The van der Waals surface area contributed by atoms with Crippen molar-refractivity contribution in [3.05, 3.63) is 24.2 Å². The molecule has 0 aliphatic heterocycles. The Bertz CT molecular complexity index is 157. The zero-order valence-electron chi connectivity index (χ0n) is 5.37. The zero-order chi connectivity index (χ0) is 6.69. The Labute approximate surface area is 60.5 Å². The van der Waals surface area contributed by atoms with Gasteiger partial charge in [-0.2, -0.15) is 12.6 Å². The number of rotatable bonds is 2. The Kier molecular flexibility index (Phi) is 2.22. The zero-order valence-corrected chi connectivity index (χ0v) is 6.27. The number of furan rings is 1. The van der Waals surface area contributed by atoms with Gasteiger partial charge in [-0.25, -0.2) is 0 Å². The SMILES string of the molecule is CC(CS)c1ccoc1. The van der Waals surface area contributed by atoms with E-state index in [4.69, 9.17) is 4.42 Å². The van der Waals surface area contributed by atoms with Crippen LogP contribution < -0.4 is 0 Å². The average Bonchev–Trinajstić information content (AvgIpc) is 2.37. The molecule has 1 aromatic rings. The van der Waals surface area contributed by atoms with E-state index in [9.17, 15) is 0 Å². The van der Waals surface area contributed by atoms with E-state index in [2.05, 4.69) is 19.6 Å². The van der Waals surface area contributed by atoms with Gasteiger partial charge in [-0.15, -0.1) is 0 Å². The van der Waals surface area contributed by atoms with Crippen LogP contribution in [0.2, 0.25) is 0 Å². The maximum absolute atomic E-state index is 4.90. The molecule has 9 heavy (non-hydrogen) atoms. The summed E-state index contributed by atoms with van der Waals surface area (Å²) in [6.07, 6.45) is 3.45. The molecule has 50 valence electrons. The molecule has 0 amide bonds. The summed E-state index contributed by atoms with van der Waals surface area (Å²) in [5.74, 6) is 1.38. The lowest BCUT2D eigenvalue weighted by Gasteiger charge is -2.01. The fraction of sp³-hybridized carbons (Fsp3) is 0.429. The van der Waals surface area contributed by atoms with Gasteiger partial charge in [0.25, 0.3) is 0 Å². The highest BCUT2D eigenvalue weighted by atomic mass is 32.1. The van der Waals surface area contributed by atoms with Crippen LogP contribution in [0.5, 0.6) is 0 Å². The number of hydrogen-bond acceptors (Lipinski definition) is 2. The van der Waals surface area contributed by atoms with Crippen molar-refractivity contribution in [2.45, 2.75) is 12.8 Å². The summed E-state index contributed by atoms with van der Waals surface area (Å²) in [6.45, 7) is 2.12. The molecule has 0 fully saturated rings. The van der Waals surface area contributed by atoms with Crippen LogP contribution in [0.25, 0.3) is 0 Å². The summed E-state index contributed by atoms with van der Waals surface area (Å²) in [7, 11) is 0. The minimum absolute atomic E-state index is 0.507. The van der Waals surface area contributed by atoms with Crippen LogP contribution in [-0.4, -0.2) is 5.75 Å². The molecule has 0 saturated heterocycles. The Hall–Kier alpha value is -0.370. The summed E-state index contributed by atoms with van der Waals surface area (Å²) in [5, 5.41) is 0. The Morgan fingerprint density at radius 3 is 3.00 bits per heavy atom. The van der Waals surface area contributed by atoms with E-state index < -0.39 is 0 Å². The third-order valence-electron chi connectivity index (χ3n) is 1.39. The molecule has 0 spiro atoms. The topological polar surface area (TPSA) is 13.1 Å². The van der Waals surface area contributed by atoms with Gasteiger partial charge in [-0.05, 0) is 23.3 Å². The standard InChI is InChI=1S/C7H10OS/c1-6(5-9)7-2-3-8-4-7/h2-4,6,9H,5H2,1H3. The van der Waals surface area contributed by atoms with Gasteiger partial charge in [0.2, 0.25) is 0 Å². The summed E-state index contributed by atoms with van der Waals surface area (Å²) in [6, 6.07) is 1.97. The fourth-order valence-electron chi connectivity index (χ4n) is 0.661. The van der Waals surface area contributed by atoms with E-state index in [1.165, 1.54) is 5.56 Å². The highest BCUT2D eigenvalue weighted by Crippen LogP contribution is 2.15. The van der Waals surface area contributed by atoms with Crippen LogP contribution in [0.3, 0.4) is 0 Å². The highest BCUT2D eigenvalue weighted by molar-refractivity contribution is 7.80. The summed E-state index contributed by atoms with van der Waals surface area (Å²) in [4.78, 5) is 0. The van der Waals surface area contributed by atoms with Crippen LogP contribution in [0.1, 0.15) is 18.4 Å². The molecule has 0 aliphatic carbocycles. The van der Waals surface area contributed by atoms with Crippen molar-refractivity contribution in [1.82, 2.24) is 0 Å². The van der Waals surface area contributed by atoms with E-state index in [0.29, 0.717) is 5.92 Å². The molecule has 0 aromatic carbocycles. The maximum Gasteiger partial charge on any atom is 0.0937 e. The van der Waals surface area contributed by atoms with Gasteiger partial charge >= 0.3 is 0 Å². The van der Waals surface area contributed by atoms with Gasteiger partial charge in [0.15, 0.2) is 0 Å². The second-order valence-electron chi connectivity index (χ2n) is 2.14. The molecule has 0 bridgehead atoms. The van der Waals surface area contributed by atoms with E-state index in [-0.39, 0.29) is 0 Å². The van der Waals surface area contributed by atoms with Gasteiger partial charge in [-0.3, -0.25) is 0 Å².